The van der Waals surface area contributed by atoms with Crippen molar-refractivity contribution in [1.82, 2.24) is 5.32 Å². The van der Waals surface area contributed by atoms with Gasteiger partial charge in [0, 0.05) is 3.57 Å². The topological polar surface area (TPSA) is 102 Å². The number of benzene rings is 1. The Morgan fingerprint density at radius 3 is 2.65 bits per heavy atom. The highest BCUT2D eigenvalue weighted by Crippen LogP contribution is 2.21. The molecule has 0 heterocycles. The van der Waals surface area contributed by atoms with Crippen LogP contribution in [0.4, 0.5) is 4.79 Å². The lowest BCUT2D eigenvalue weighted by Gasteiger charge is -2.09. The van der Waals surface area contributed by atoms with Gasteiger partial charge in [-0.2, -0.15) is 0 Å². The van der Waals surface area contributed by atoms with Gasteiger partial charge in [-0.1, -0.05) is 0 Å². The van der Waals surface area contributed by atoms with Gasteiger partial charge in [0.15, 0.2) is 6.61 Å². The minimum absolute atomic E-state index is 0.0527. The van der Waals surface area contributed by atoms with Crippen LogP contribution in [0.5, 0.6) is 5.75 Å². The summed E-state index contributed by atoms with van der Waals surface area (Å²) in [6, 6.07) is 4.51. The van der Waals surface area contributed by atoms with E-state index in [9.17, 15) is 14.4 Å². The number of imide groups is 1. The van der Waals surface area contributed by atoms with Crippen molar-refractivity contribution >= 4 is 40.6 Å². The number of hydrogen-bond acceptors (Lipinski definition) is 5. The maximum absolute atomic E-state index is 11.4. The zero-order chi connectivity index (χ0) is 15.1. The Bertz CT molecular complexity index is 531. The summed E-state index contributed by atoms with van der Waals surface area (Å²) in [5, 5.41) is 10.9. The van der Waals surface area contributed by atoms with E-state index >= 15 is 0 Å². The second-order valence-corrected chi connectivity index (χ2v) is 4.75. The van der Waals surface area contributed by atoms with E-state index in [-0.39, 0.29) is 17.9 Å². The monoisotopic (exact) mass is 393 g/mol. The number of rotatable bonds is 5. The molecule has 20 heavy (non-hydrogen) atoms. The molecule has 0 atom stereocenters. The summed E-state index contributed by atoms with van der Waals surface area (Å²) in [6.45, 7) is 1.26. The molecule has 0 saturated carbocycles. The normalized spacial score (nSPS) is 9.70. The molecule has 0 aromatic heterocycles. The first-order valence-corrected chi connectivity index (χ1v) is 6.64. The van der Waals surface area contributed by atoms with Crippen LogP contribution in [0.2, 0.25) is 0 Å². The van der Waals surface area contributed by atoms with Crippen LogP contribution in [0.25, 0.3) is 0 Å². The van der Waals surface area contributed by atoms with Crippen molar-refractivity contribution in [3.05, 3.63) is 27.3 Å². The van der Waals surface area contributed by atoms with E-state index in [1.807, 2.05) is 27.9 Å². The van der Waals surface area contributed by atoms with Crippen molar-refractivity contribution in [3.63, 3.8) is 0 Å². The molecule has 0 aliphatic carbocycles. The summed E-state index contributed by atoms with van der Waals surface area (Å²) in [6.07, 6.45) is -0.873. The molecule has 8 heteroatoms. The maximum atomic E-state index is 11.4. The lowest BCUT2D eigenvalue weighted by molar-refractivity contribution is -0.122. The third-order valence-corrected chi connectivity index (χ3v) is 2.72. The molecule has 108 valence electrons. The summed E-state index contributed by atoms with van der Waals surface area (Å²) in [5.41, 5.74) is -0.0548. The molecule has 2 amide bonds. The summed E-state index contributed by atoms with van der Waals surface area (Å²) < 4.78 is 10.3. The fourth-order valence-electron chi connectivity index (χ4n) is 1.26. The summed E-state index contributed by atoms with van der Waals surface area (Å²) in [7, 11) is 0. The average Bonchev–Trinajstić information content (AvgIpc) is 2.37. The predicted octanol–water partition coefficient (Wildman–Crippen LogP) is 1.64. The number of alkyl carbamates (subject to hydrolysis) is 1. The molecule has 0 aliphatic heterocycles. The number of ether oxygens (including phenoxy) is 2. The number of hydrogen-bond donors (Lipinski definition) is 2. The standard InChI is InChI=1S/C12H12INO6/c1-2-19-12(18)14-10(15)6-20-9-4-3-7(13)5-8(9)11(16)17/h3-5H,2,6H2,1H3,(H,16,17)(H,14,15,18). The number of aromatic carboxylic acids is 1. The zero-order valence-corrected chi connectivity index (χ0v) is 12.7. The van der Waals surface area contributed by atoms with Crippen molar-refractivity contribution in [3.8, 4) is 5.75 Å². The third-order valence-electron chi connectivity index (χ3n) is 2.05. The van der Waals surface area contributed by atoms with Crippen LogP contribution in [0, 0.1) is 3.57 Å². The van der Waals surface area contributed by atoms with Gasteiger partial charge in [0.25, 0.3) is 5.91 Å². The third kappa shape index (κ3) is 5.03. The molecular formula is C12H12INO6. The highest BCUT2D eigenvalue weighted by molar-refractivity contribution is 14.1. The molecule has 0 radical (unpaired) electrons. The minimum atomic E-state index is -1.16. The van der Waals surface area contributed by atoms with Crippen LogP contribution in [0.15, 0.2) is 18.2 Å². The summed E-state index contributed by atoms with van der Waals surface area (Å²) in [4.78, 5) is 33.4. The number of carboxylic acids is 1. The Morgan fingerprint density at radius 2 is 2.05 bits per heavy atom. The Kier molecular flexibility index (Phi) is 6.22. The Balaban J connectivity index is 2.64. The van der Waals surface area contributed by atoms with Gasteiger partial charge in [-0.15, -0.1) is 0 Å². The van der Waals surface area contributed by atoms with Crippen LogP contribution in [0.1, 0.15) is 17.3 Å². The molecule has 1 rings (SSSR count). The average molecular weight is 393 g/mol. The number of halogens is 1. The van der Waals surface area contributed by atoms with Gasteiger partial charge in [0.1, 0.15) is 11.3 Å². The van der Waals surface area contributed by atoms with Gasteiger partial charge in [-0.3, -0.25) is 10.1 Å². The number of amides is 2. The van der Waals surface area contributed by atoms with Crippen LogP contribution in [-0.2, 0) is 9.53 Å². The molecule has 0 saturated heterocycles. The molecule has 2 N–H and O–H groups in total. The predicted molar refractivity (Wildman–Crippen MR) is 76.8 cm³/mol. The summed E-state index contributed by atoms with van der Waals surface area (Å²) >= 11 is 1.96. The van der Waals surface area contributed by atoms with Crippen molar-refractivity contribution in [1.29, 1.82) is 0 Å². The molecule has 0 spiro atoms. The second kappa shape index (κ2) is 7.68. The van der Waals surface area contributed by atoms with Gasteiger partial charge in [-0.25, -0.2) is 9.59 Å². The first kappa shape index (κ1) is 16.2. The Morgan fingerprint density at radius 1 is 1.35 bits per heavy atom. The van der Waals surface area contributed by atoms with Gasteiger partial charge < -0.3 is 14.6 Å². The first-order valence-electron chi connectivity index (χ1n) is 5.56. The van der Waals surface area contributed by atoms with E-state index in [0.717, 1.165) is 3.57 Å². The highest BCUT2D eigenvalue weighted by atomic mass is 127. The molecule has 7 nitrogen and oxygen atoms in total. The van der Waals surface area contributed by atoms with Crippen LogP contribution in [-0.4, -0.2) is 36.3 Å². The quantitative estimate of drug-likeness (QED) is 0.738. The van der Waals surface area contributed by atoms with Crippen LogP contribution in [0.3, 0.4) is 0 Å². The van der Waals surface area contributed by atoms with E-state index in [1.54, 1.807) is 13.0 Å². The summed E-state index contributed by atoms with van der Waals surface area (Å²) in [5.74, 6) is -1.83. The Labute approximate surface area is 128 Å². The van der Waals surface area contributed by atoms with E-state index < -0.39 is 24.6 Å². The van der Waals surface area contributed by atoms with Crippen molar-refractivity contribution in [2.45, 2.75) is 6.92 Å². The molecule has 0 aliphatic rings. The minimum Gasteiger partial charge on any atom is -0.483 e. The smallest absolute Gasteiger partial charge is 0.413 e. The van der Waals surface area contributed by atoms with E-state index in [1.165, 1.54) is 12.1 Å². The van der Waals surface area contributed by atoms with E-state index in [4.69, 9.17) is 9.84 Å². The van der Waals surface area contributed by atoms with Crippen LogP contribution >= 0.6 is 22.6 Å². The van der Waals surface area contributed by atoms with Gasteiger partial charge in [0.2, 0.25) is 0 Å². The van der Waals surface area contributed by atoms with Crippen molar-refractivity contribution in [2.24, 2.45) is 0 Å². The Hall–Kier alpha value is -1.84. The molecule has 0 fully saturated rings. The highest BCUT2D eigenvalue weighted by Gasteiger charge is 2.14. The molecule has 0 bridgehead atoms. The number of carboxylic acid groups (broad SMARTS) is 1. The van der Waals surface area contributed by atoms with Gasteiger partial charge in [-0.05, 0) is 47.7 Å². The number of carbonyl (C=O) groups is 3. The van der Waals surface area contributed by atoms with Crippen molar-refractivity contribution < 1.29 is 29.0 Å². The molecule has 1 aromatic carbocycles. The van der Waals surface area contributed by atoms with Crippen molar-refractivity contribution in [2.75, 3.05) is 13.2 Å². The fraction of sp³-hybridized carbons (Fsp3) is 0.250. The lowest BCUT2D eigenvalue weighted by atomic mass is 10.2. The number of nitrogens with one attached hydrogen (secondary N) is 1. The zero-order valence-electron chi connectivity index (χ0n) is 10.5. The number of carbonyl (C=O) groups excluding carboxylic acids is 2. The van der Waals surface area contributed by atoms with Gasteiger partial charge >= 0.3 is 12.1 Å². The molecule has 1 aromatic rings. The fourth-order valence-corrected chi connectivity index (χ4v) is 1.75. The lowest BCUT2D eigenvalue weighted by Crippen LogP contribution is -2.34. The maximum Gasteiger partial charge on any atom is 0.413 e. The van der Waals surface area contributed by atoms with Gasteiger partial charge in [0.05, 0.1) is 6.61 Å². The largest absolute Gasteiger partial charge is 0.483 e. The van der Waals surface area contributed by atoms with Crippen LogP contribution < -0.4 is 10.1 Å². The molecular weight excluding hydrogens is 381 g/mol. The van der Waals surface area contributed by atoms with E-state index in [2.05, 4.69) is 4.74 Å². The van der Waals surface area contributed by atoms with E-state index in [0.29, 0.717) is 0 Å². The SMILES string of the molecule is CCOC(=O)NC(=O)COc1ccc(I)cc1C(=O)O. The first-order chi connectivity index (χ1) is 9.43. The molecule has 0 unspecified atom stereocenters. The second-order valence-electron chi connectivity index (χ2n) is 3.50.